The Hall–Kier alpha value is -1.64. The number of aromatic nitrogens is 1. The van der Waals surface area contributed by atoms with Gasteiger partial charge in [-0.1, -0.05) is 20.8 Å². The van der Waals surface area contributed by atoms with Gasteiger partial charge in [-0.2, -0.15) is 13.2 Å². The third-order valence-electron chi connectivity index (χ3n) is 3.98. The molecule has 134 valence electrons. The van der Waals surface area contributed by atoms with Gasteiger partial charge in [0.15, 0.2) is 0 Å². The molecule has 5 nitrogen and oxygen atoms in total. The summed E-state index contributed by atoms with van der Waals surface area (Å²) in [4.78, 5) is 29.3. The molecule has 1 N–H and O–H groups in total. The molecule has 1 aromatic heterocycles. The summed E-state index contributed by atoms with van der Waals surface area (Å²) in [6.07, 6.45) is -4.66. The Kier molecular flexibility index (Phi) is 4.69. The molecule has 9 heteroatoms. The number of carbonyl (C=O) groups is 2. The second-order valence-electron chi connectivity index (χ2n) is 6.99. The Morgan fingerprint density at radius 1 is 1.25 bits per heavy atom. The van der Waals surface area contributed by atoms with Crippen LogP contribution in [0.3, 0.4) is 0 Å². The zero-order chi connectivity index (χ0) is 18.4. The molecule has 1 fully saturated rings. The number of thiazole rings is 1. The number of halogens is 3. The van der Waals surface area contributed by atoms with Gasteiger partial charge in [-0.05, 0) is 6.92 Å². The van der Waals surface area contributed by atoms with Crippen LogP contribution in [0.2, 0.25) is 0 Å². The van der Waals surface area contributed by atoms with Crippen LogP contribution >= 0.6 is 11.3 Å². The summed E-state index contributed by atoms with van der Waals surface area (Å²) in [5.41, 5.74) is 0.175. The zero-order valence-corrected chi connectivity index (χ0v) is 14.6. The number of likely N-dealkylation sites (tertiary alicyclic amines) is 1. The van der Waals surface area contributed by atoms with Crippen LogP contribution in [0.5, 0.6) is 0 Å². The number of nitrogens with zero attached hydrogens (tertiary/aromatic N) is 2. The van der Waals surface area contributed by atoms with Gasteiger partial charge >= 0.3 is 12.1 Å². The molecule has 0 unspecified atom stereocenters. The van der Waals surface area contributed by atoms with E-state index in [-0.39, 0.29) is 10.3 Å². The van der Waals surface area contributed by atoms with E-state index in [0.29, 0.717) is 10.7 Å². The molecule has 1 aliphatic heterocycles. The van der Waals surface area contributed by atoms with Crippen molar-refractivity contribution in [2.45, 2.75) is 39.3 Å². The number of carboxylic acid groups (broad SMARTS) is 1. The van der Waals surface area contributed by atoms with Crippen LogP contribution in [0.4, 0.5) is 13.2 Å². The van der Waals surface area contributed by atoms with E-state index in [1.165, 1.54) is 0 Å². The average molecular weight is 364 g/mol. The first-order chi connectivity index (χ1) is 10.8. The van der Waals surface area contributed by atoms with Gasteiger partial charge in [-0.15, -0.1) is 11.3 Å². The van der Waals surface area contributed by atoms with Gasteiger partial charge in [0, 0.05) is 18.5 Å². The van der Waals surface area contributed by atoms with Crippen molar-refractivity contribution in [3.05, 3.63) is 15.6 Å². The highest BCUT2D eigenvalue weighted by atomic mass is 32.1. The number of hydrogen-bond acceptors (Lipinski definition) is 4. The van der Waals surface area contributed by atoms with E-state index < -0.39 is 43.0 Å². The Balaban J connectivity index is 2.28. The van der Waals surface area contributed by atoms with Crippen molar-refractivity contribution in [3.63, 3.8) is 0 Å². The molecule has 1 aromatic rings. The lowest BCUT2D eigenvalue weighted by Gasteiger charge is -2.18. The van der Waals surface area contributed by atoms with E-state index in [1.807, 2.05) is 20.8 Å². The first-order valence-corrected chi connectivity index (χ1v) is 8.20. The first-order valence-electron chi connectivity index (χ1n) is 7.39. The largest absolute Gasteiger partial charge is 0.481 e. The van der Waals surface area contributed by atoms with Crippen molar-refractivity contribution in [2.75, 3.05) is 13.1 Å². The van der Waals surface area contributed by atoms with Gasteiger partial charge in [0.05, 0.1) is 22.5 Å². The number of carboxylic acids is 1. The molecule has 1 amide bonds. The lowest BCUT2D eigenvalue weighted by atomic mass is 9.96. The molecule has 0 radical (unpaired) electrons. The fourth-order valence-corrected chi connectivity index (χ4v) is 3.70. The Morgan fingerprint density at radius 3 is 2.21 bits per heavy atom. The summed E-state index contributed by atoms with van der Waals surface area (Å²) in [6, 6.07) is 0. The Bertz CT molecular complexity index is 664. The first kappa shape index (κ1) is 18.7. The molecule has 0 saturated carbocycles. The second kappa shape index (κ2) is 6.02. The van der Waals surface area contributed by atoms with Crippen LogP contribution in [0, 0.1) is 18.8 Å². The molecule has 0 spiro atoms. The van der Waals surface area contributed by atoms with Gasteiger partial charge in [-0.25, -0.2) is 4.98 Å². The second-order valence-corrected chi connectivity index (χ2v) is 7.99. The number of hydrogen-bond donors (Lipinski definition) is 1. The van der Waals surface area contributed by atoms with E-state index in [1.54, 1.807) is 6.92 Å². The van der Waals surface area contributed by atoms with E-state index in [9.17, 15) is 22.8 Å². The quantitative estimate of drug-likeness (QED) is 0.875. The molecule has 1 aliphatic rings. The zero-order valence-electron chi connectivity index (χ0n) is 13.8. The van der Waals surface area contributed by atoms with E-state index in [0.717, 1.165) is 16.2 Å². The summed E-state index contributed by atoms with van der Waals surface area (Å²) in [5, 5.41) is 9.75. The van der Waals surface area contributed by atoms with Crippen molar-refractivity contribution in [1.29, 1.82) is 0 Å². The maximum Gasteiger partial charge on any atom is 0.394 e. The minimum Gasteiger partial charge on any atom is -0.481 e. The number of aryl methyl sites for hydroxylation is 1. The lowest BCUT2D eigenvalue weighted by molar-refractivity contribution is -0.187. The van der Waals surface area contributed by atoms with Crippen LogP contribution < -0.4 is 0 Å². The number of rotatable bonds is 2. The highest BCUT2D eigenvalue weighted by Crippen LogP contribution is 2.39. The van der Waals surface area contributed by atoms with E-state index in [4.69, 9.17) is 5.11 Å². The van der Waals surface area contributed by atoms with Crippen LogP contribution in [-0.2, 0) is 10.2 Å². The minimum atomic E-state index is -4.66. The van der Waals surface area contributed by atoms with Crippen molar-refractivity contribution in [3.8, 4) is 0 Å². The van der Waals surface area contributed by atoms with Crippen molar-refractivity contribution < 1.29 is 27.9 Å². The molecule has 24 heavy (non-hydrogen) atoms. The third-order valence-corrected chi connectivity index (χ3v) is 5.55. The molecule has 1 saturated heterocycles. The number of amides is 1. The highest BCUT2D eigenvalue weighted by Gasteiger charge is 2.53. The minimum absolute atomic E-state index is 0.270. The van der Waals surface area contributed by atoms with Crippen molar-refractivity contribution in [2.24, 2.45) is 11.8 Å². The van der Waals surface area contributed by atoms with E-state index >= 15 is 0 Å². The summed E-state index contributed by atoms with van der Waals surface area (Å²) >= 11 is 1.15. The number of aliphatic carboxylic acids is 1. The van der Waals surface area contributed by atoms with Crippen LogP contribution in [-0.4, -0.2) is 46.1 Å². The van der Waals surface area contributed by atoms with Gasteiger partial charge in [-0.3, -0.25) is 9.59 Å². The smallest absolute Gasteiger partial charge is 0.394 e. The normalized spacial score (nSPS) is 22.0. The maximum atomic E-state index is 13.0. The summed E-state index contributed by atoms with van der Waals surface area (Å²) in [6.45, 7) is 6.33. The lowest BCUT2D eigenvalue weighted by Crippen LogP contribution is -2.34. The Morgan fingerprint density at radius 2 is 1.83 bits per heavy atom. The van der Waals surface area contributed by atoms with Crippen LogP contribution in [0.1, 0.15) is 41.1 Å². The summed E-state index contributed by atoms with van der Waals surface area (Å²) < 4.78 is 39.1. The topological polar surface area (TPSA) is 70.5 Å². The molecule has 0 bridgehead atoms. The molecule has 2 rings (SSSR count). The van der Waals surface area contributed by atoms with Gasteiger partial charge < -0.3 is 10.0 Å². The number of carbonyl (C=O) groups excluding carboxylic acids is 1. The SMILES string of the molecule is Cc1nc(C(C)(C)C)sc1C(=O)N1C[C@@H](C(F)(F)F)[C@H](C(=O)O)C1. The maximum absolute atomic E-state index is 13.0. The van der Waals surface area contributed by atoms with Gasteiger partial charge in [0.1, 0.15) is 4.88 Å². The van der Waals surface area contributed by atoms with Gasteiger partial charge in [0.25, 0.3) is 5.91 Å². The van der Waals surface area contributed by atoms with Crippen molar-refractivity contribution in [1.82, 2.24) is 9.88 Å². The molecule has 0 aliphatic carbocycles. The molecule has 2 heterocycles. The monoisotopic (exact) mass is 364 g/mol. The fraction of sp³-hybridized carbons (Fsp3) is 0.667. The molecule has 2 atom stereocenters. The van der Waals surface area contributed by atoms with Crippen molar-refractivity contribution >= 4 is 23.2 Å². The third kappa shape index (κ3) is 3.55. The molecular weight excluding hydrogens is 345 g/mol. The summed E-state index contributed by atoms with van der Waals surface area (Å²) in [5.74, 6) is -5.80. The van der Waals surface area contributed by atoms with E-state index in [2.05, 4.69) is 4.98 Å². The number of alkyl halides is 3. The molecule has 0 aromatic carbocycles. The van der Waals surface area contributed by atoms with Gasteiger partial charge in [0.2, 0.25) is 0 Å². The average Bonchev–Trinajstić information content (AvgIpc) is 3.00. The Labute approximate surface area is 141 Å². The fourth-order valence-electron chi connectivity index (χ4n) is 2.61. The standard InChI is InChI=1S/C15H19F3N2O3S/c1-7-10(24-13(19-7)14(2,3)4)11(21)20-5-8(12(22)23)9(6-20)15(16,17)18/h8-9H,5-6H2,1-4H3,(H,22,23)/t8-,9-/m1/s1. The summed E-state index contributed by atoms with van der Waals surface area (Å²) in [7, 11) is 0. The predicted octanol–water partition coefficient (Wildman–Crippen LogP) is 3.08. The van der Waals surface area contributed by atoms with Crippen LogP contribution in [0.25, 0.3) is 0 Å². The highest BCUT2D eigenvalue weighted by molar-refractivity contribution is 7.14. The predicted molar refractivity (Wildman–Crippen MR) is 82.1 cm³/mol. The van der Waals surface area contributed by atoms with Crippen LogP contribution in [0.15, 0.2) is 0 Å². The molecular formula is C15H19F3N2O3S.